The highest BCUT2D eigenvalue weighted by atomic mass is 32.2. The Balaban J connectivity index is 1.63. The van der Waals surface area contributed by atoms with Crippen molar-refractivity contribution >= 4 is 45.9 Å². The Kier molecular flexibility index (Phi) is 7.21. The molecule has 2 amide bonds. The summed E-state index contributed by atoms with van der Waals surface area (Å²) in [5.74, 6) is -0.679. The predicted octanol–water partition coefficient (Wildman–Crippen LogP) is 7.23. The van der Waals surface area contributed by atoms with Crippen LogP contribution >= 0.6 is 11.8 Å². The summed E-state index contributed by atoms with van der Waals surface area (Å²) >= 11 is 1.76. The number of furan rings is 1. The first-order valence-electron chi connectivity index (χ1n) is 11.1. The lowest BCUT2D eigenvalue weighted by Gasteiger charge is -2.21. The number of fused-ring (bicyclic) bond motifs is 1. The highest BCUT2D eigenvalue weighted by Gasteiger charge is 2.35. The molecule has 0 aliphatic heterocycles. The average Bonchev–Trinajstić information content (AvgIpc) is 3.17. The van der Waals surface area contributed by atoms with Crippen molar-refractivity contribution in [2.24, 2.45) is 0 Å². The average molecular weight is 491 g/mol. The van der Waals surface area contributed by atoms with Crippen molar-refractivity contribution in [3.8, 4) is 0 Å². The molecular formula is C25H25F3N2O3S. The van der Waals surface area contributed by atoms with E-state index < -0.39 is 29.2 Å². The van der Waals surface area contributed by atoms with E-state index in [0.717, 1.165) is 30.4 Å². The van der Waals surface area contributed by atoms with E-state index >= 15 is 0 Å². The Hall–Kier alpha value is -2.94. The molecule has 1 aliphatic rings. The Morgan fingerprint density at radius 3 is 2.50 bits per heavy atom. The number of carbonyl (C=O) groups is 2. The fourth-order valence-electron chi connectivity index (χ4n) is 4.21. The van der Waals surface area contributed by atoms with Gasteiger partial charge in [0.05, 0.1) is 11.3 Å². The molecular weight excluding hydrogens is 465 g/mol. The van der Waals surface area contributed by atoms with Crippen LogP contribution in [0.4, 0.5) is 24.5 Å². The van der Waals surface area contributed by atoms with Crippen molar-refractivity contribution in [1.82, 2.24) is 0 Å². The van der Waals surface area contributed by atoms with E-state index in [4.69, 9.17) is 4.42 Å². The van der Waals surface area contributed by atoms with Gasteiger partial charge in [-0.15, -0.1) is 0 Å². The molecule has 0 atom stereocenters. The summed E-state index contributed by atoms with van der Waals surface area (Å²) in [7, 11) is 0. The number of hydrogen-bond donors (Lipinski definition) is 2. The Morgan fingerprint density at radius 2 is 1.79 bits per heavy atom. The van der Waals surface area contributed by atoms with Gasteiger partial charge in [0.25, 0.3) is 5.91 Å². The van der Waals surface area contributed by atoms with Crippen LogP contribution in [0.15, 0.2) is 46.9 Å². The summed E-state index contributed by atoms with van der Waals surface area (Å²) < 4.78 is 46.9. The molecule has 9 heteroatoms. The molecule has 34 heavy (non-hydrogen) atoms. The van der Waals surface area contributed by atoms with Gasteiger partial charge in [-0.05, 0) is 37.1 Å². The van der Waals surface area contributed by atoms with Gasteiger partial charge in [-0.1, -0.05) is 37.5 Å². The largest absolute Gasteiger partial charge is 0.451 e. The fraction of sp³-hybridized carbons (Fsp3) is 0.360. The number of thioether (sulfide) groups is 1. The molecule has 1 aromatic heterocycles. The van der Waals surface area contributed by atoms with E-state index in [9.17, 15) is 22.8 Å². The molecule has 0 bridgehead atoms. The van der Waals surface area contributed by atoms with Crippen molar-refractivity contribution in [2.45, 2.75) is 56.2 Å². The summed E-state index contributed by atoms with van der Waals surface area (Å²) in [4.78, 5) is 24.4. The second kappa shape index (κ2) is 10.1. The molecule has 3 aromatic rings. The van der Waals surface area contributed by atoms with Gasteiger partial charge in [0.15, 0.2) is 5.76 Å². The Bertz CT molecular complexity index is 1200. The van der Waals surface area contributed by atoms with Gasteiger partial charge >= 0.3 is 6.18 Å². The molecule has 1 fully saturated rings. The third kappa shape index (κ3) is 5.58. The smallest absolute Gasteiger partial charge is 0.418 e. The Labute approximate surface area is 199 Å². The zero-order valence-corrected chi connectivity index (χ0v) is 19.4. The summed E-state index contributed by atoms with van der Waals surface area (Å²) in [5.41, 5.74) is -0.263. The normalized spacial score (nSPS) is 14.8. The molecule has 0 radical (unpaired) electrons. The van der Waals surface area contributed by atoms with Crippen molar-refractivity contribution in [3.63, 3.8) is 0 Å². The molecule has 1 saturated carbocycles. The Morgan fingerprint density at radius 1 is 1.06 bits per heavy atom. The highest BCUT2D eigenvalue weighted by molar-refractivity contribution is 7.99. The van der Waals surface area contributed by atoms with E-state index in [1.165, 1.54) is 32.3 Å². The minimum absolute atomic E-state index is 0.00821. The third-order valence-electron chi connectivity index (χ3n) is 5.81. The van der Waals surface area contributed by atoms with Crippen LogP contribution in [-0.2, 0) is 16.7 Å². The molecule has 2 N–H and O–H groups in total. The second-order valence-corrected chi connectivity index (χ2v) is 9.66. The minimum Gasteiger partial charge on any atom is -0.451 e. The number of alkyl halides is 3. The maximum atomic E-state index is 13.7. The minimum atomic E-state index is -4.73. The third-order valence-corrected chi connectivity index (χ3v) is 7.21. The molecule has 0 unspecified atom stereocenters. The SMILES string of the molecule is CC(=O)Nc1ccc(NC(=O)c2oc3ccccc3c2CSC2CCCCC2)c(C(F)(F)F)c1. The molecule has 1 heterocycles. The van der Waals surface area contributed by atoms with Gasteiger partial charge < -0.3 is 15.1 Å². The maximum absolute atomic E-state index is 13.7. The number of hydrogen-bond acceptors (Lipinski definition) is 4. The molecule has 5 nitrogen and oxygen atoms in total. The van der Waals surface area contributed by atoms with Crippen LogP contribution in [0.2, 0.25) is 0 Å². The zero-order chi connectivity index (χ0) is 24.3. The molecule has 0 spiro atoms. The number of carbonyl (C=O) groups excluding carboxylic acids is 2. The molecule has 1 aliphatic carbocycles. The molecule has 0 saturated heterocycles. The summed E-state index contributed by atoms with van der Waals surface area (Å²) in [5, 5.41) is 5.99. The van der Waals surface area contributed by atoms with Crippen LogP contribution in [0, 0.1) is 0 Å². The molecule has 180 valence electrons. The molecule has 4 rings (SSSR count). The maximum Gasteiger partial charge on any atom is 0.418 e. The van der Waals surface area contributed by atoms with Crippen LogP contribution in [0.25, 0.3) is 11.0 Å². The quantitative estimate of drug-likeness (QED) is 0.382. The second-order valence-electron chi connectivity index (χ2n) is 8.37. The van der Waals surface area contributed by atoms with E-state index in [0.29, 0.717) is 22.1 Å². The first-order chi connectivity index (χ1) is 16.2. The lowest BCUT2D eigenvalue weighted by Crippen LogP contribution is -2.18. The van der Waals surface area contributed by atoms with Crippen molar-refractivity contribution in [3.05, 3.63) is 59.4 Å². The van der Waals surface area contributed by atoms with Gasteiger partial charge in [0.2, 0.25) is 5.91 Å². The number of halogens is 3. The van der Waals surface area contributed by atoms with E-state index in [-0.39, 0.29) is 11.4 Å². The van der Waals surface area contributed by atoms with Crippen molar-refractivity contribution in [2.75, 3.05) is 10.6 Å². The standard InChI is InChI=1S/C25H25F3N2O3S/c1-15(31)29-16-11-12-21(20(13-16)25(26,27)28)30-24(32)23-19(14-34-17-7-3-2-4-8-17)18-9-5-6-10-22(18)33-23/h5-6,9-13,17H,2-4,7-8,14H2,1H3,(H,29,31)(H,30,32). The predicted molar refractivity (Wildman–Crippen MR) is 128 cm³/mol. The number of para-hydroxylation sites is 1. The number of nitrogens with one attached hydrogen (secondary N) is 2. The number of rotatable bonds is 6. The lowest BCUT2D eigenvalue weighted by atomic mass is 10.0. The highest BCUT2D eigenvalue weighted by Crippen LogP contribution is 2.38. The van der Waals surface area contributed by atoms with Crippen molar-refractivity contribution in [1.29, 1.82) is 0 Å². The van der Waals surface area contributed by atoms with Gasteiger partial charge in [-0.25, -0.2) is 0 Å². The number of amides is 2. The summed E-state index contributed by atoms with van der Waals surface area (Å²) in [6, 6.07) is 10.5. The van der Waals surface area contributed by atoms with E-state index in [1.54, 1.807) is 23.9 Å². The van der Waals surface area contributed by atoms with Gasteiger partial charge in [0.1, 0.15) is 5.58 Å². The van der Waals surface area contributed by atoms with Gasteiger partial charge in [-0.2, -0.15) is 24.9 Å². The monoisotopic (exact) mass is 490 g/mol. The first kappa shape index (κ1) is 24.2. The zero-order valence-electron chi connectivity index (χ0n) is 18.6. The topological polar surface area (TPSA) is 71.3 Å². The van der Waals surface area contributed by atoms with Gasteiger partial charge in [0, 0.05) is 34.6 Å². The van der Waals surface area contributed by atoms with Crippen LogP contribution < -0.4 is 10.6 Å². The lowest BCUT2D eigenvalue weighted by molar-refractivity contribution is -0.137. The van der Waals surface area contributed by atoms with Crippen LogP contribution in [0.1, 0.15) is 60.7 Å². The van der Waals surface area contributed by atoms with E-state index in [1.807, 2.05) is 12.1 Å². The van der Waals surface area contributed by atoms with Crippen LogP contribution in [-0.4, -0.2) is 17.1 Å². The summed E-state index contributed by atoms with van der Waals surface area (Å²) in [6.07, 6.45) is 1.12. The van der Waals surface area contributed by atoms with E-state index in [2.05, 4.69) is 10.6 Å². The number of benzene rings is 2. The first-order valence-corrected chi connectivity index (χ1v) is 12.2. The molecule has 2 aromatic carbocycles. The van der Waals surface area contributed by atoms with Crippen LogP contribution in [0.5, 0.6) is 0 Å². The van der Waals surface area contributed by atoms with Crippen LogP contribution in [0.3, 0.4) is 0 Å². The van der Waals surface area contributed by atoms with Crippen molar-refractivity contribution < 1.29 is 27.2 Å². The fourth-order valence-corrected chi connectivity index (χ4v) is 5.56. The van der Waals surface area contributed by atoms with Gasteiger partial charge in [-0.3, -0.25) is 9.59 Å². The number of anilines is 2. The summed E-state index contributed by atoms with van der Waals surface area (Å²) in [6.45, 7) is 1.21.